The quantitative estimate of drug-likeness (QED) is 0.723. The molecular weight excluding hydrogens is 272 g/mol. The zero-order valence-electron chi connectivity index (χ0n) is 7.74. The molecule has 0 aliphatic rings. The molecular formula is C6H6F8O3. The zero-order chi connectivity index (χ0) is 14.1. The van der Waals surface area contributed by atoms with E-state index in [1.54, 1.807) is 0 Å². The summed E-state index contributed by atoms with van der Waals surface area (Å²) in [4.78, 5) is 0. The minimum Gasteiger partial charge on any atom is -0.390 e. The fraction of sp³-hybridized carbons (Fsp3) is 1.00. The predicted octanol–water partition coefficient (Wildman–Crippen LogP) is 1.44. The van der Waals surface area contributed by atoms with E-state index < -0.39 is 37.3 Å². The highest BCUT2D eigenvalue weighted by Gasteiger charge is 2.68. The van der Waals surface area contributed by atoms with Crippen molar-refractivity contribution in [1.82, 2.24) is 0 Å². The molecule has 0 aliphatic heterocycles. The fourth-order valence-electron chi connectivity index (χ4n) is 0.494. The van der Waals surface area contributed by atoms with E-state index in [0.29, 0.717) is 0 Å². The second-order valence-corrected chi connectivity index (χ2v) is 2.86. The lowest BCUT2D eigenvalue weighted by molar-refractivity contribution is -0.471. The molecule has 0 amide bonds. The maximum atomic E-state index is 12.3. The average molecular weight is 278 g/mol. The number of aliphatic hydroxyl groups excluding tert-OH is 2. The predicted molar refractivity (Wildman–Crippen MR) is 35.0 cm³/mol. The summed E-state index contributed by atoms with van der Waals surface area (Å²) in [7, 11) is 0. The van der Waals surface area contributed by atoms with E-state index >= 15 is 0 Å². The first-order chi connectivity index (χ1) is 7.33. The van der Waals surface area contributed by atoms with Gasteiger partial charge in [0.05, 0.1) is 0 Å². The highest BCUT2D eigenvalue weighted by Crippen LogP contribution is 2.44. The lowest BCUT2D eigenvalue weighted by Gasteiger charge is -2.31. The number of hydrogen-bond acceptors (Lipinski definition) is 3. The summed E-state index contributed by atoms with van der Waals surface area (Å²) < 4.78 is 100. The Hall–Kier alpha value is -0.680. The number of aliphatic hydroxyl groups is 2. The van der Waals surface area contributed by atoms with Crippen LogP contribution in [-0.4, -0.2) is 47.5 Å². The van der Waals surface area contributed by atoms with Crippen molar-refractivity contribution >= 4 is 0 Å². The van der Waals surface area contributed by atoms with Crippen molar-refractivity contribution in [2.24, 2.45) is 0 Å². The van der Waals surface area contributed by atoms with Gasteiger partial charge in [0.1, 0.15) is 13.2 Å². The lowest BCUT2D eigenvalue weighted by atomic mass is 10.3. The second kappa shape index (κ2) is 4.53. The Morgan fingerprint density at radius 2 is 0.882 bits per heavy atom. The summed E-state index contributed by atoms with van der Waals surface area (Å²) in [5, 5.41) is 15.6. The number of rotatable bonds is 6. The van der Waals surface area contributed by atoms with Gasteiger partial charge in [-0.3, -0.25) is 0 Å². The van der Waals surface area contributed by atoms with Gasteiger partial charge in [-0.1, -0.05) is 0 Å². The van der Waals surface area contributed by atoms with Crippen molar-refractivity contribution in [2.75, 3.05) is 13.2 Å². The molecule has 3 nitrogen and oxygen atoms in total. The number of hydrogen-bond donors (Lipinski definition) is 2. The van der Waals surface area contributed by atoms with Crippen molar-refractivity contribution in [1.29, 1.82) is 0 Å². The lowest BCUT2D eigenvalue weighted by Crippen LogP contribution is -2.55. The van der Waals surface area contributed by atoms with E-state index in [1.165, 1.54) is 0 Å². The summed E-state index contributed by atoms with van der Waals surface area (Å²) >= 11 is 0. The molecule has 0 aromatic rings. The Bertz CT molecular complexity index is 240. The monoisotopic (exact) mass is 278 g/mol. The minimum absolute atomic E-state index is 2.05. The third-order valence-corrected chi connectivity index (χ3v) is 1.51. The van der Waals surface area contributed by atoms with Crippen LogP contribution in [-0.2, 0) is 4.74 Å². The largest absolute Gasteiger partial charge is 0.426 e. The van der Waals surface area contributed by atoms with Gasteiger partial charge < -0.3 is 10.2 Å². The molecule has 0 bridgehead atoms. The normalized spacial score (nSPS) is 15.2. The van der Waals surface area contributed by atoms with Crippen molar-refractivity contribution in [3.8, 4) is 0 Å². The van der Waals surface area contributed by atoms with Gasteiger partial charge in [-0.25, -0.2) is 4.74 Å². The van der Waals surface area contributed by atoms with E-state index in [2.05, 4.69) is 4.74 Å². The third-order valence-electron chi connectivity index (χ3n) is 1.51. The van der Waals surface area contributed by atoms with Gasteiger partial charge in [0.25, 0.3) is 0 Å². The van der Waals surface area contributed by atoms with Crippen LogP contribution in [0.5, 0.6) is 0 Å². The first-order valence-corrected chi connectivity index (χ1v) is 3.76. The Kier molecular flexibility index (Phi) is 4.35. The van der Waals surface area contributed by atoms with Crippen molar-refractivity contribution < 1.29 is 50.1 Å². The molecule has 11 heteroatoms. The van der Waals surface area contributed by atoms with Crippen LogP contribution in [0.4, 0.5) is 35.1 Å². The molecule has 0 atom stereocenters. The molecule has 0 radical (unpaired) electrons. The molecule has 2 N–H and O–H groups in total. The Balaban J connectivity index is 5.07. The van der Waals surface area contributed by atoms with Crippen LogP contribution in [0.15, 0.2) is 0 Å². The minimum atomic E-state index is -6.04. The SMILES string of the molecule is OCC(F)(F)C(F)(F)OC(F)(F)C(F)(F)CO. The van der Waals surface area contributed by atoms with Crippen LogP contribution in [0.2, 0.25) is 0 Å². The molecule has 0 saturated heterocycles. The highest BCUT2D eigenvalue weighted by atomic mass is 19.3. The summed E-state index contributed by atoms with van der Waals surface area (Å²) in [5.74, 6) is -11.0. The average Bonchev–Trinajstić information content (AvgIpc) is 2.15. The maximum absolute atomic E-state index is 12.3. The Morgan fingerprint density at radius 1 is 0.647 bits per heavy atom. The van der Waals surface area contributed by atoms with E-state index in [1.807, 2.05) is 0 Å². The number of halogens is 8. The van der Waals surface area contributed by atoms with E-state index in [-0.39, 0.29) is 0 Å². The van der Waals surface area contributed by atoms with Gasteiger partial charge >= 0.3 is 24.1 Å². The molecule has 0 aromatic heterocycles. The van der Waals surface area contributed by atoms with E-state index in [0.717, 1.165) is 0 Å². The zero-order valence-corrected chi connectivity index (χ0v) is 7.74. The van der Waals surface area contributed by atoms with Gasteiger partial charge in [-0.2, -0.15) is 35.1 Å². The van der Waals surface area contributed by atoms with Gasteiger partial charge in [-0.15, -0.1) is 0 Å². The molecule has 0 spiro atoms. The van der Waals surface area contributed by atoms with Crippen molar-refractivity contribution in [2.45, 2.75) is 24.1 Å². The van der Waals surface area contributed by atoms with Gasteiger partial charge in [0, 0.05) is 0 Å². The van der Waals surface area contributed by atoms with E-state index in [4.69, 9.17) is 10.2 Å². The molecule has 0 aromatic carbocycles. The Labute approximate surface area is 88.6 Å². The van der Waals surface area contributed by atoms with Crippen molar-refractivity contribution in [3.63, 3.8) is 0 Å². The van der Waals surface area contributed by atoms with Crippen LogP contribution in [0.3, 0.4) is 0 Å². The number of ether oxygens (including phenoxy) is 1. The van der Waals surface area contributed by atoms with Crippen LogP contribution < -0.4 is 0 Å². The Morgan fingerprint density at radius 3 is 1.06 bits per heavy atom. The standard InChI is InChI=1S/C6H6F8O3/c7-3(8,1-15)5(11,12)17-6(13,14)4(9,10)2-16/h15-16H,1-2H2. The molecule has 0 rings (SSSR count). The molecule has 0 saturated carbocycles. The summed E-state index contributed by atoms with van der Waals surface area (Å²) in [5.41, 5.74) is 0. The first kappa shape index (κ1) is 16.3. The van der Waals surface area contributed by atoms with Crippen molar-refractivity contribution in [3.05, 3.63) is 0 Å². The highest BCUT2D eigenvalue weighted by molar-refractivity contribution is 4.82. The van der Waals surface area contributed by atoms with Gasteiger partial charge in [0.15, 0.2) is 0 Å². The fourth-order valence-corrected chi connectivity index (χ4v) is 0.494. The van der Waals surface area contributed by atoms with Crippen LogP contribution >= 0.6 is 0 Å². The smallest absolute Gasteiger partial charge is 0.390 e. The first-order valence-electron chi connectivity index (χ1n) is 3.76. The molecule has 0 heterocycles. The molecule has 0 unspecified atom stereocenters. The summed E-state index contributed by atoms with van der Waals surface area (Å²) in [6.45, 7) is -5.19. The molecule has 17 heavy (non-hydrogen) atoms. The topological polar surface area (TPSA) is 49.7 Å². The number of alkyl halides is 8. The van der Waals surface area contributed by atoms with Gasteiger partial charge in [-0.05, 0) is 0 Å². The van der Waals surface area contributed by atoms with Gasteiger partial charge in [0.2, 0.25) is 0 Å². The van der Waals surface area contributed by atoms with E-state index in [9.17, 15) is 35.1 Å². The van der Waals surface area contributed by atoms with Crippen LogP contribution in [0.1, 0.15) is 0 Å². The second-order valence-electron chi connectivity index (χ2n) is 2.86. The summed E-state index contributed by atoms with van der Waals surface area (Å²) in [6.07, 6.45) is -12.1. The van der Waals surface area contributed by atoms with Crippen LogP contribution in [0, 0.1) is 0 Å². The molecule has 0 fully saturated rings. The molecule has 104 valence electrons. The van der Waals surface area contributed by atoms with Crippen LogP contribution in [0.25, 0.3) is 0 Å². The third kappa shape index (κ3) is 3.16. The maximum Gasteiger partial charge on any atom is 0.426 e. The molecule has 0 aliphatic carbocycles. The summed E-state index contributed by atoms with van der Waals surface area (Å²) in [6, 6.07) is 0.